The van der Waals surface area contributed by atoms with Gasteiger partial charge in [0.25, 0.3) is 5.89 Å². The highest BCUT2D eigenvalue weighted by Crippen LogP contribution is 2.35. The first-order chi connectivity index (χ1) is 15.5. The Morgan fingerprint density at radius 2 is 2.00 bits per heavy atom. The first-order valence-electron chi connectivity index (χ1n) is 10.3. The van der Waals surface area contributed by atoms with Gasteiger partial charge in [-0.3, -0.25) is 0 Å². The predicted molar refractivity (Wildman–Crippen MR) is 118 cm³/mol. The fraction of sp³-hybridized carbons (Fsp3) is 0.292. The van der Waals surface area contributed by atoms with Crippen molar-refractivity contribution in [2.45, 2.75) is 39.5 Å². The molecule has 8 heteroatoms. The van der Waals surface area contributed by atoms with Crippen LogP contribution in [0.2, 0.25) is 0 Å². The predicted octanol–water partition coefficient (Wildman–Crippen LogP) is 4.25. The Labute approximate surface area is 186 Å². The number of hydrogen-bond donors (Lipinski definition) is 1. The Bertz CT molecular complexity index is 1190. The smallest absolute Gasteiger partial charge is 0.258 e. The third-order valence-corrected chi connectivity index (χ3v) is 4.85. The third kappa shape index (κ3) is 4.49. The fourth-order valence-corrected chi connectivity index (χ4v) is 3.45. The number of nitrogens with two attached hydrogens (primary N) is 1. The molecule has 32 heavy (non-hydrogen) atoms. The molecule has 0 bridgehead atoms. The van der Waals surface area contributed by atoms with E-state index in [1.807, 2.05) is 38.1 Å². The second kappa shape index (κ2) is 9.22. The van der Waals surface area contributed by atoms with Crippen LogP contribution in [0.4, 0.5) is 0 Å². The van der Waals surface area contributed by atoms with Crippen LogP contribution in [0.5, 0.6) is 5.75 Å². The Hall–Kier alpha value is -3.67. The van der Waals surface area contributed by atoms with Crippen molar-refractivity contribution < 1.29 is 18.7 Å². The van der Waals surface area contributed by atoms with Crippen molar-refractivity contribution in [3.63, 3.8) is 0 Å². The van der Waals surface area contributed by atoms with E-state index in [0.717, 1.165) is 22.4 Å². The largest absolute Gasteiger partial charge is 0.490 e. The van der Waals surface area contributed by atoms with Crippen LogP contribution in [0.15, 0.2) is 47.0 Å². The van der Waals surface area contributed by atoms with Gasteiger partial charge in [0, 0.05) is 16.7 Å². The molecular formula is C24H24N4O4. The second-order valence-electron chi connectivity index (χ2n) is 7.65. The van der Waals surface area contributed by atoms with Gasteiger partial charge in [-0.2, -0.15) is 10.2 Å². The van der Waals surface area contributed by atoms with Crippen molar-refractivity contribution in [2.24, 2.45) is 5.73 Å². The van der Waals surface area contributed by atoms with Crippen LogP contribution in [-0.4, -0.2) is 29.3 Å². The molecule has 164 valence electrons. The van der Waals surface area contributed by atoms with E-state index < -0.39 is 6.23 Å². The SMILES string of the molecule is CC(C)Oc1ccc(-c2nc(-c3cccc4c3CC=C4OCOC(C)N)no2)cc1C#N. The summed E-state index contributed by atoms with van der Waals surface area (Å²) in [5.41, 5.74) is 9.54. The molecule has 4 rings (SSSR count). The standard InChI is InChI=1S/C24H24N4O4/c1-14(2)31-21-9-7-16(11-17(21)12-25)24-27-23(28-32-24)20-6-4-5-19-18(20)8-10-22(19)30-13-29-15(3)26/h4-7,9-11,14-15H,8,13,26H2,1-3H3. The summed E-state index contributed by atoms with van der Waals surface area (Å²) in [5.74, 6) is 2.07. The molecule has 0 amide bonds. The lowest BCUT2D eigenvalue weighted by atomic mass is 10.0. The molecule has 1 aliphatic carbocycles. The van der Waals surface area contributed by atoms with Gasteiger partial charge in [0.2, 0.25) is 5.82 Å². The minimum absolute atomic E-state index is 0.0316. The number of fused-ring (bicyclic) bond motifs is 1. The Morgan fingerprint density at radius 3 is 2.75 bits per heavy atom. The highest BCUT2D eigenvalue weighted by Gasteiger charge is 2.22. The molecule has 0 spiro atoms. The molecule has 8 nitrogen and oxygen atoms in total. The minimum atomic E-state index is -0.395. The van der Waals surface area contributed by atoms with Gasteiger partial charge in [-0.1, -0.05) is 23.4 Å². The van der Waals surface area contributed by atoms with Crippen LogP contribution in [-0.2, 0) is 15.9 Å². The zero-order valence-corrected chi connectivity index (χ0v) is 18.2. The van der Waals surface area contributed by atoms with E-state index in [0.29, 0.717) is 35.0 Å². The van der Waals surface area contributed by atoms with Crippen molar-refractivity contribution in [1.29, 1.82) is 5.26 Å². The topological polar surface area (TPSA) is 116 Å². The monoisotopic (exact) mass is 432 g/mol. The number of nitriles is 1. The highest BCUT2D eigenvalue weighted by atomic mass is 16.7. The Balaban J connectivity index is 1.58. The van der Waals surface area contributed by atoms with Crippen molar-refractivity contribution >= 4 is 5.76 Å². The van der Waals surface area contributed by atoms with E-state index >= 15 is 0 Å². The molecule has 0 radical (unpaired) electrons. The first kappa shape index (κ1) is 21.6. The molecule has 0 saturated carbocycles. The molecule has 1 aliphatic rings. The number of ether oxygens (including phenoxy) is 3. The summed E-state index contributed by atoms with van der Waals surface area (Å²) in [6.45, 7) is 5.65. The second-order valence-corrected chi connectivity index (χ2v) is 7.65. The summed E-state index contributed by atoms with van der Waals surface area (Å²) >= 11 is 0. The van der Waals surface area contributed by atoms with E-state index in [1.165, 1.54) is 0 Å². The van der Waals surface area contributed by atoms with Crippen molar-refractivity contribution in [2.75, 3.05) is 6.79 Å². The summed E-state index contributed by atoms with van der Waals surface area (Å²) < 4.78 is 22.2. The van der Waals surface area contributed by atoms with Crippen LogP contribution in [0.1, 0.15) is 37.5 Å². The van der Waals surface area contributed by atoms with Gasteiger partial charge >= 0.3 is 0 Å². The number of hydrogen-bond acceptors (Lipinski definition) is 8. The van der Waals surface area contributed by atoms with Gasteiger partial charge in [-0.25, -0.2) is 0 Å². The average Bonchev–Trinajstić information content (AvgIpc) is 3.41. The zero-order valence-electron chi connectivity index (χ0n) is 18.2. The van der Waals surface area contributed by atoms with E-state index in [1.54, 1.807) is 25.1 Å². The van der Waals surface area contributed by atoms with Gasteiger partial charge in [0.1, 0.15) is 23.8 Å². The molecule has 1 unspecified atom stereocenters. The molecule has 2 N–H and O–H groups in total. The quantitative estimate of drug-likeness (QED) is 0.525. The molecule has 1 atom stereocenters. The molecule has 1 aromatic heterocycles. The third-order valence-electron chi connectivity index (χ3n) is 4.85. The van der Waals surface area contributed by atoms with Crippen LogP contribution in [0.25, 0.3) is 28.6 Å². The fourth-order valence-electron chi connectivity index (χ4n) is 3.45. The Morgan fingerprint density at radius 1 is 1.19 bits per heavy atom. The number of rotatable bonds is 8. The van der Waals surface area contributed by atoms with Crippen molar-refractivity contribution in [3.8, 4) is 34.7 Å². The number of aromatic nitrogens is 2. The average molecular weight is 432 g/mol. The maximum atomic E-state index is 9.48. The van der Waals surface area contributed by atoms with E-state index in [9.17, 15) is 5.26 Å². The lowest BCUT2D eigenvalue weighted by molar-refractivity contribution is -0.0387. The maximum Gasteiger partial charge on any atom is 0.258 e. The zero-order chi connectivity index (χ0) is 22.7. The molecule has 0 fully saturated rings. The first-order valence-corrected chi connectivity index (χ1v) is 10.3. The van der Waals surface area contributed by atoms with E-state index in [4.69, 9.17) is 24.5 Å². The van der Waals surface area contributed by atoms with E-state index in [2.05, 4.69) is 16.2 Å². The van der Waals surface area contributed by atoms with E-state index in [-0.39, 0.29) is 12.9 Å². The normalized spacial score (nSPS) is 13.4. The van der Waals surface area contributed by atoms with Crippen molar-refractivity contribution in [3.05, 3.63) is 59.2 Å². The van der Waals surface area contributed by atoms with Crippen LogP contribution in [0, 0.1) is 11.3 Å². The Kier molecular flexibility index (Phi) is 6.21. The van der Waals surface area contributed by atoms with Gasteiger partial charge in [0.15, 0.2) is 6.79 Å². The number of allylic oxidation sites excluding steroid dienone is 1. The van der Waals surface area contributed by atoms with Crippen LogP contribution >= 0.6 is 0 Å². The molecule has 0 aliphatic heterocycles. The summed E-state index contributed by atoms with van der Waals surface area (Å²) in [4.78, 5) is 4.57. The summed E-state index contributed by atoms with van der Waals surface area (Å²) in [6, 6.07) is 13.3. The molecule has 0 saturated heterocycles. The molecule has 3 aromatic rings. The number of benzene rings is 2. The van der Waals surface area contributed by atoms with Crippen LogP contribution in [0.3, 0.4) is 0 Å². The lowest BCUT2D eigenvalue weighted by Crippen LogP contribution is -2.20. The van der Waals surface area contributed by atoms with Gasteiger partial charge < -0.3 is 24.5 Å². The number of nitrogens with zero attached hydrogens (tertiary/aromatic N) is 3. The summed E-state index contributed by atoms with van der Waals surface area (Å²) in [5, 5.41) is 13.6. The van der Waals surface area contributed by atoms with Crippen molar-refractivity contribution in [1.82, 2.24) is 10.1 Å². The van der Waals surface area contributed by atoms with Gasteiger partial charge in [-0.05, 0) is 57.0 Å². The molecule has 1 heterocycles. The molecular weight excluding hydrogens is 408 g/mol. The highest BCUT2D eigenvalue weighted by molar-refractivity contribution is 5.77. The molecule has 2 aromatic carbocycles. The van der Waals surface area contributed by atoms with Crippen LogP contribution < -0.4 is 10.5 Å². The minimum Gasteiger partial charge on any atom is -0.490 e. The summed E-state index contributed by atoms with van der Waals surface area (Å²) in [6.07, 6.45) is 2.25. The van der Waals surface area contributed by atoms with Gasteiger partial charge in [-0.15, -0.1) is 0 Å². The lowest BCUT2D eigenvalue weighted by Gasteiger charge is -2.12. The van der Waals surface area contributed by atoms with Gasteiger partial charge in [0.05, 0.1) is 11.7 Å². The maximum absolute atomic E-state index is 9.48. The summed E-state index contributed by atoms with van der Waals surface area (Å²) in [7, 11) is 0.